The molecule has 0 saturated heterocycles. The van der Waals surface area contributed by atoms with E-state index in [1.807, 2.05) is 0 Å². The number of nitrogens with one attached hydrogen (secondary N) is 1. The lowest BCUT2D eigenvalue weighted by Crippen LogP contribution is -2.12. The van der Waals surface area contributed by atoms with Crippen LogP contribution in [0.5, 0.6) is 0 Å². The number of hydrogen-bond donors (Lipinski definition) is 1. The molecule has 9 heteroatoms. The molecule has 0 radical (unpaired) electrons. The van der Waals surface area contributed by atoms with Crippen LogP contribution in [0.1, 0.15) is 12.3 Å². The van der Waals surface area contributed by atoms with Crippen LogP contribution >= 0.6 is 0 Å². The summed E-state index contributed by atoms with van der Waals surface area (Å²) >= 11 is 0. The Morgan fingerprint density at radius 1 is 1.19 bits per heavy atom. The standard InChI is InChI=1S/C18H13F2N3O4/c19-13-4-2-1-3-12(13)16-10-21-18(27-16)8-7-17(24)22-11-5-6-14(20)15(9-11)23(25)26/h1-6,9-10H,7-8H2,(H,22,24). The van der Waals surface area contributed by atoms with Gasteiger partial charge in [-0.05, 0) is 24.3 Å². The zero-order valence-corrected chi connectivity index (χ0v) is 13.8. The van der Waals surface area contributed by atoms with Crippen molar-refractivity contribution in [3.8, 4) is 11.3 Å². The van der Waals surface area contributed by atoms with Crippen molar-refractivity contribution < 1.29 is 22.9 Å². The maximum atomic E-state index is 13.7. The fourth-order valence-corrected chi connectivity index (χ4v) is 2.39. The highest BCUT2D eigenvalue weighted by atomic mass is 19.1. The number of amides is 1. The third-order valence-electron chi connectivity index (χ3n) is 3.69. The molecule has 2 aromatic carbocycles. The second kappa shape index (κ2) is 7.73. The number of hydrogen-bond acceptors (Lipinski definition) is 5. The van der Waals surface area contributed by atoms with E-state index >= 15 is 0 Å². The van der Waals surface area contributed by atoms with Gasteiger partial charge in [0.1, 0.15) is 5.82 Å². The Balaban J connectivity index is 1.61. The number of nitro benzene ring substituents is 1. The lowest BCUT2D eigenvalue weighted by Gasteiger charge is -2.04. The summed E-state index contributed by atoms with van der Waals surface area (Å²) in [6.07, 6.45) is 1.49. The highest BCUT2D eigenvalue weighted by Crippen LogP contribution is 2.24. The van der Waals surface area contributed by atoms with Gasteiger partial charge in [-0.3, -0.25) is 14.9 Å². The summed E-state index contributed by atoms with van der Waals surface area (Å²) < 4.78 is 32.5. The molecule has 3 rings (SSSR count). The van der Waals surface area contributed by atoms with Gasteiger partial charge in [0.25, 0.3) is 0 Å². The van der Waals surface area contributed by atoms with Crippen molar-refractivity contribution in [1.29, 1.82) is 0 Å². The molecule has 0 aliphatic carbocycles. The summed E-state index contributed by atoms with van der Waals surface area (Å²) in [5, 5.41) is 13.2. The minimum atomic E-state index is -0.988. The quantitative estimate of drug-likeness (QED) is 0.518. The van der Waals surface area contributed by atoms with E-state index in [1.54, 1.807) is 18.2 Å². The molecule has 1 aromatic heterocycles. The monoisotopic (exact) mass is 373 g/mol. The SMILES string of the molecule is O=C(CCc1ncc(-c2ccccc2F)o1)Nc1ccc(F)c([N+](=O)[O-])c1. The normalized spacial score (nSPS) is 10.6. The van der Waals surface area contributed by atoms with Crippen LogP contribution in [0, 0.1) is 21.7 Å². The van der Waals surface area contributed by atoms with E-state index in [0.717, 1.165) is 12.1 Å². The van der Waals surface area contributed by atoms with Crippen molar-refractivity contribution in [3.63, 3.8) is 0 Å². The van der Waals surface area contributed by atoms with E-state index in [4.69, 9.17) is 4.42 Å². The number of aromatic nitrogens is 1. The molecular weight excluding hydrogens is 360 g/mol. The Bertz CT molecular complexity index is 1000. The van der Waals surface area contributed by atoms with Gasteiger partial charge in [0.2, 0.25) is 11.7 Å². The van der Waals surface area contributed by atoms with E-state index in [-0.39, 0.29) is 35.7 Å². The first-order valence-corrected chi connectivity index (χ1v) is 7.87. The second-order valence-electron chi connectivity index (χ2n) is 5.57. The lowest BCUT2D eigenvalue weighted by atomic mass is 10.2. The molecule has 7 nitrogen and oxygen atoms in total. The molecule has 0 fully saturated rings. The maximum Gasteiger partial charge on any atom is 0.306 e. The van der Waals surface area contributed by atoms with Crippen LogP contribution in [0.4, 0.5) is 20.2 Å². The van der Waals surface area contributed by atoms with Crippen LogP contribution < -0.4 is 5.32 Å². The molecule has 27 heavy (non-hydrogen) atoms. The predicted octanol–water partition coefficient (Wildman–Crippen LogP) is 4.10. The van der Waals surface area contributed by atoms with Gasteiger partial charge < -0.3 is 9.73 Å². The molecule has 1 N–H and O–H groups in total. The molecule has 1 heterocycles. The van der Waals surface area contributed by atoms with Gasteiger partial charge in [0, 0.05) is 24.6 Å². The van der Waals surface area contributed by atoms with Crippen LogP contribution in [-0.2, 0) is 11.2 Å². The van der Waals surface area contributed by atoms with E-state index in [1.165, 1.54) is 18.3 Å². The largest absolute Gasteiger partial charge is 0.441 e. The van der Waals surface area contributed by atoms with Crippen LogP contribution in [0.25, 0.3) is 11.3 Å². The maximum absolute atomic E-state index is 13.7. The number of carbonyl (C=O) groups is 1. The van der Waals surface area contributed by atoms with Crippen molar-refractivity contribution in [2.75, 3.05) is 5.32 Å². The summed E-state index contributed by atoms with van der Waals surface area (Å²) in [6, 6.07) is 9.13. The van der Waals surface area contributed by atoms with Gasteiger partial charge in [0.15, 0.2) is 11.7 Å². The smallest absolute Gasteiger partial charge is 0.306 e. The first kappa shape index (κ1) is 18.2. The summed E-state index contributed by atoms with van der Waals surface area (Å²) in [6.45, 7) is 0. The minimum absolute atomic E-state index is 0.0254. The zero-order chi connectivity index (χ0) is 19.4. The molecule has 0 spiro atoms. The number of halogens is 2. The number of anilines is 1. The van der Waals surface area contributed by atoms with E-state index in [2.05, 4.69) is 10.3 Å². The first-order chi connectivity index (χ1) is 12.9. The fraction of sp³-hybridized carbons (Fsp3) is 0.111. The number of oxazole rings is 1. The fourth-order valence-electron chi connectivity index (χ4n) is 2.39. The van der Waals surface area contributed by atoms with Crippen LogP contribution in [0.15, 0.2) is 53.1 Å². The van der Waals surface area contributed by atoms with Crippen molar-refractivity contribution in [1.82, 2.24) is 4.98 Å². The number of benzene rings is 2. The molecule has 0 unspecified atom stereocenters. The molecule has 138 valence electrons. The number of nitro groups is 1. The van der Waals surface area contributed by atoms with Gasteiger partial charge in [-0.2, -0.15) is 4.39 Å². The summed E-state index contributed by atoms with van der Waals surface area (Å²) in [5.74, 6) is -1.40. The molecule has 3 aromatic rings. The van der Waals surface area contributed by atoms with Gasteiger partial charge in [-0.15, -0.1) is 0 Å². The molecule has 0 aliphatic heterocycles. The van der Waals surface area contributed by atoms with Crippen molar-refractivity contribution >= 4 is 17.3 Å². The first-order valence-electron chi connectivity index (χ1n) is 7.87. The predicted molar refractivity (Wildman–Crippen MR) is 91.9 cm³/mol. The second-order valence-corrected chi connectivity index (χ2v) is 5.57. The molecular formula is C18H13F2N3O4. The van der Waals surface area contributed by atoms with Crippen molar-refractivity contribution in [2.24, 2.45) is 0 Å². The Labute approximate surface area is 151 Å². The average Bonchev–Trinajstić information content (AvgIpc) is 3.10. The highest BCUT2D eigenvalue weighted by molar-refractivity contribution is 5.91. The number of aryl methyl sites for hydroxylation is 1. The Hall–Kier alpha value is -3.62. The van der Waals surface area contributed by atoms with E-state index in [9.17, 15) is 23.7 Å². The third kappa shape index (κ3) is 4.32. The van der Waals surface area contributed by atoms with Crippen molar-refractivity contribution in [2.45, 2.75) is 12.8 Å². The lowest BCUT2D eigenvalue weighted by molar-refractivity contribution is -0.387. The summed E-state index contributed by atoms with van der Waals surface area (Å²) in [7, 11) is 0. The molecule has 0 aliphatic rings. The highest BCUT2D eigenvalue weighted by Gasteiger charge is 2.16. The molecule has 1 amide bonds. The van der Waals surface area contributed by atoms with E-state index in [0.29, 0.717) is 0 Å². The Morgan fingerprint density at radius 2 is 1.96 bits per heavy atom. The summed E-state index contributed by atoms with van der Waals surface area (Å²) in [4.78, 5) is 25.8. The van der Waals surface area contributed by atoms with Crippen LogP contribution in [0.2, 0.25) is 0 Å². The van der Waals surface area contributed by atoms with Crippen LogP contribution in [0.3, 0.4) is 0 Å². The Kier molecular flexibility index (Phi) is 5.20. The molecule has 0 atom stereocenters. The number of carbonyl (C=O) groups excluding carboxylic acids is 1. The summed E-state index contributed by atoms with van der Waals surface area (Å²) in [5.41, 5.74) is -0.359. The topological polar surface area (TPSA) is 98.3 Å². The van der Waals surface area contributed by atoms with Crippen LogP contribution in [-0.4, -0.2) is 15.8 Å². The third-order valence-corrected chi connectivity index (χ3v) is 3.69. The van der Waals surface area contributed by atoms with Gasteiger partial charge in [0.05, 0.1) is 16.7 Å². The van der Waals surface area contributed by atoms with E-state index < -0.39 is 28.2 Å². The van der Waals surface area contributed by atoms with Gasteiger partial charge >= 0.3 is 5.69 Å². The number of nitrogens with zero attached hydrogens (tertiary/aromatic N) is 2. The van der Waals surface area contributed by atoms with Gasteiger partial charge in [-0.25, -0.2) is 9.37 Å². The minimum Gasteiger partial charge on any atom is -0.441 e. The average molecular weight is 373 g/mol. The van der Waals surface area contributed by atoms with Gasteiger partial charge in [-0.1, -0.05) is 12.1 Å². The molecule has 0 bridgehead atoms. The Morgan fingerprint density at radius 3 is 2.70 bits per heavy atom. The number of rotatable bonds is 6. The molecule has 0 saturated carbocycles. The zero-order valence-electron chi connectivity index (χ0n) is 13.8. The van der Waals surface area contributed by atoms with Crippen molar-refractivity contribution in [3.05, 3.63) is 76.3 Å².